The van der Waals surface area contributed by atoms with Crippen LogP contribution in [0.3, 0.4) is 0 Å². The lowest BCUT2D eigenvalue weighted by molar-refractivity contribution is -0.126. The second-order valence-corrected chi connectivity index (χ2v) is 5.45. The Morgan fingerprint density at radius 2 is 2.12 bits per heavy atom. The zero-order valence-corrected chi connectivity index (χ0v) is 10.9. The fraction of sp³-hybridized carbons (Fsp3) is 0.923. The van der Waals surface area contributed by atoms with Crippen molar-refractivity contribution in [1.29, 1.82) is 0 Å². The molecule has 0 aromatic rings. The Hall–Kier alpha value is -0.610. The second-order valence-electron chi connectivity index (χ2n) is 5.45. The Balaban J connectivity index is 1.77. The van der Waals surface area contributed by atoms with Crippen LogP contribution in [0, 0.1) is 5.92 Å². The van der Waals surface area contributed by atoms with E-state index in [0.717, 1.165) is 38.6 Å². The van der Waals surface area contributed by atoms with E-state index in [1.165, 1.54) is 0 Å². The molecule has 2 rings (SSSR count). The Bertz CT molecular complexity index is 270. The van der Waals surface area contributed by atoms with Crippen LogP contribution in [0.25, 0.3) is 0 Å². The Morgan fingerprint density at radius 1 is 1.29 bits per heavy atom. The van der Waals surface area contributed by atoms with Crippen LogP contribution in [0.5, 0.6) is 0 Å². The molecule has 4 unspecified atom stereocenters. The molecule has 0 aromatic heterocycles. The number of rotatable bonds is 3. The maximum absolute atomic E-state index is 12.1. The van der Waals surface area contributed by atoms with Crippen molar-refractivity contribution in [2.75, 3.05) is 13.7 Å². The topological polar surface area (TPSA) is 50.4 Å². The van der Waals surface area contributed by atoms with Gasteiger partial charge in [0.2, 0.25) is 5.91 Å². The predicted octanol–water partition coefficient (Wildman–Crippen LogP) is 1.06. The molecular formula is C13H24N2O2. The molecule has 1 saturated carbocycles. The van der Waals surface area contributed by atoms with Crippen LogP contribution >= 0.6 is 0 Å². The SMILES string of the molecule is COC1CCC(NC(=O)C2CCNC(C)C2)C1. The van der Waals surface area contributed by atoms with E-state index in [1.807, 2.05) is 0 Å². The normalized spacial score (nSPS) is 38.0. The van der Waals surface area contributed by atoms with Gasteiger partial charge in [-0.05, 0) is 45.6 Å². The van der Waals surface area contributed by atoms with Crippen molar-refractivity contribution >= 4 is 5.91 Å². The molecule has 1 aliphatic carbocycles. The summed E-state index contributed by atoms with van der Waals surface area (Å²) >= 11 is 0. The first-order valence-corrected chi connectivity index (χ1v) is 6.75. The number of piperidine rings is 1. The summed E-state index contributed by atoms with van der Waals surface area (Å²) in [6.07, 6.45) is 5.38. The zero-order valence-electron chi connectivity index (χ0n) is 10.9. The van der Waals surface area contributed by atoms with E-state index in [9.17, 15) is 4.79 Å². The van der Waals surface area contributed by atoms with E-state index >= 15 is 0 Å². The lowest BCUT2D eigenvalue weighted by Gasteiger charge is -2.28. The third-order valence-electron chi connectivity index (χ3n) is 4.06. The van der Waals surface area contributed by atoms with Crippen LogP contribution in [0.2, 0.25) is 0 Å². The number of hydrogen-bond acceptors (Lipinski definition) is 3. The molecule has 98 valence electrons. The highest BCUT2D eigenvalue weighted by Crippen LogP contribution is 2.23. The van der Waals surface area contributed by atoms with Gasteiger partial charge in [-0.15, -0.1) is 0 Å². The van der Waals surface area contributed by atoms with E-state index in [0.29, 0.717) is 18.2 Å². The van der Waals surface area contributed by atoms with Crippen molar-refractivity contribution in [3.05, 3.63) is 0 Å². The average molecular weight is 240 g/mol. The number of carbonyl (C=O) groups excluding carboxylic acids is 1. The van der Waals surface area contributed by atoms with Gasteiger partial charge in [-0.2, -0.15) is 0 Å². The Kier molecular flexibility index (Phi) is 4.40. The minimum atomic E-state index is 0.202. The average Bonchev–Trinajstić information content (AvgIpc) is 2.77. The summed E-state index contributed by atoms with van der Waals surface area (Å²) < 4.78 is 5.32. The van der Waals surface area contributed by atoms with E-state index < -0.39 is 0 Å². The van der Waals surface area contributed by atoms with Crippen molar-refractivity contribution in [3.63, 3.8) is 0 Å². The number of ether oxygens (including phenoxy) is 1. The van der Waals surface area contributed by atoms with Crippen molar-refractivity contribution in [2.24, 2.45) is 5.92 Å². The fourth-order valence-corrected chi connectivity index (χ4v) is 2.97. The molecule has 4 heteroatoms. The maximum Gasteiger partial charge on any atom is 0.223 e. The van der Waals surface area contributed by atoms with Gasteiger partial charge in [0.15, 0.2) is 0 Å². The summed E-state index contributed by atoms with van der Waals surface area (Å²) in [7, 11) is 1.75. The minimum absolute atomic E-state index is 0.202. The molecular weight excluding hydrogens is 216 g/mol. The van der Waals surface area contributed by atoms with Crippen LogP contribution in [-0.2, 0) is 9.53 Å². The molecule has 1 aliphatic heterocycles. The third-order valence-corrected chi connectivity index (χ3v) is 4.06. The van der Waals surface area contributed by atoms with E-state index in [-0.39, 0.29) is 11.8 Å². The maximum atomic E-state index is 12.1. The molecule has 17 heavy (non-hydrogen) atoms. The summed E-state index contributed by atoms with van der Waals surface area (Å²) in [6, 6.07) is 0.799. The monoisotopic (exact) mass is 240 g/mol. The molecule has 1 amide bonds. The van der Waals surface area contributed by atoms with Crippen LogP contribution in [0.4, 0.5) is 0 Å². The number of nitrogens with one attached hydrogen (secondary N) is 2. The highest BCUT2D eigenvalue weighted by atomic mass is 16.5. The molecule has 2 fully saturated rings. The van der Waals surface area contributed by atoms with Gasteiger partial charge in [0.25, 0.3) is 0 Å². The van der Waals surface area contributed by atoms with Crippen LogP contribution in [0.15, 0.2) is 0 Å². The second kappa shape index (κ2) is 5.83. The van der Waals surface area contributed by atoms with Gasteiger partial charge in [-0.1, -0.05) is 0 Å². The summed E-state index contributed by atoms with van der Waals surface area (Å²) in [6.45, 7) is 3.11. The van der Waals surface area contributed by atoms with Crippen molar-refractivity contribution in [2.45, 2.75) is 57.2 Å². The van der Waals surface area contributed by atoms with Gasteiger partial charge in [0, 0.05) is 25.1 Å². The molecule has 4 atom stereocenters. The molecule has 0 radical (unpaired) electrons. The van der Waals surface area contributed by atoms with Gasteiger partial charge in [-0.3, -0.25) is 4.79 Å². The number of hydrogen-bond donors (Lipinski definition) is 2. The van der Waals surface area contributed by atoms with Crippen molar-refractivity contribution in [3.8, 4) is 0 Å². The van der Waals surface area contributed by atoms with Crippen molar-refractivity contribution < 1.29 is 9.53 Å². The van der Waals surface area contributed by atoms with Gasteiger partial charge in [-0.25, -0.2) is 0 Å². The lowest BCUT2D eigenvalue weighted by atomic mass is 9.92. The highest BCUT2D eigenvalue weighted by molar-refractivity contribution is 5.79. The molecule has 2 N–H and O–H groups in total. The van der Waals surface area contributed by atoms with E-state index in [2.05, 4.69) is 17.6 Å². The lowest BCUT2D eigenvalue weighted by Crippen LogP contribution is -2.44. The summed E-state index contributed by atoms with van der Waals surface area (Å²) in [5.41, 5.74) is 0. The van der Waals surface area contributed by atoms with Crippen molar-refractivity contribution in [1.82, 2.24) is 10.6 Å². The number of amides is 1. The zero-order chi connectivity index (χ0) is 12.3. The minimum Gasteiger partial charge on any atom is -0.381 e. The molecule has 1 saturated heterocycles. The fourth-order valence-electron chi connectivity index (χ4n) is 2.97. The molecule has 0 bridgehead atoms. The Labute approximate surface area is 103 Å². The van der Waals surface area contributed by atoms with Gasteiger partial charge in [0.05, 0.1) is 6.10 Å². The summed E-state index contributed by atoms with van der Waals surface area (Å²) in [4.78, 5) is 12.1. The predicted molar refractivity (Wildman–Crippen MR) is 66.8 cm³/mol. The number of methoxy groups -OCH3 is 1. The third kappa shape index (κ3) is 3.42. The quantitative estimate of drug-likeness (QED) is 0.775. The molecule has 2 aliphatic rings. The van der Waals surface area contributed by atoms with Gasteiger partial charge < -0.3 is 15.4 Å². The first kappa shape index (κ1) is 12.8. The summed E-state index contributed by atoms with van der Waals surface area (Å²) in [5.74, 6) is 0.452. The Morgan fingerprint density at radius 3 is 2.76 bits per heavy atom. The molecule has 1 heterocycles. The summed E-state index contributed by atoms with van der Waals surface area (Å²) in [5, 5.41) is 6.56. The first-order chi connectivity index (χ1) is 8.19. The molecule has 4 nitrogen and oxygen atoms in total. The van der Waals surface area contributed by atoms with Crippen LogP contribution in [-0.4, -0.2) is 37.7 Å². The highest BCUT2D eigenvalue weighted by Gasteiger charge is 2.29. The first-order valence-electron chi connectivity index (χ1n) is 6.75. The van der Waals surface area contributed by atoms with Gasteiger partial charge in [0.1, 0.15) is 0 Å². The van der Waals surface area contributed by atoms with Crippen LogP contribution < -0.4 is 10.6 Å². The largest absolute Gasteiger partial charge is 0.381 e. The smallest absolute Gasteiger partial charge is 0.223 e. The molecule has 0 spiro atoms. The van der Waals surface area contributed by atoms with Crippen LogP contribution in [0.1, 0.15) is 39.0 Å². The van der Waals surface area contributed by atoms with E-state index in [4.69, 9.17) is 4.74 Å². The van der Waals surface area contributed by atoms with Gasteiger partial charge >= 0.3 is 0 Å². The van der Waals surface area contributed by atoms with E-state index in [1.54, 1.807) is 7.11 Å². The molecule has 0 aromatic carbocycles. The number of carbonyl (C=O) groups is 1. The standard InChI is InChI=1S/C13H24N2O2/c1-9-7-10(5-6-14-9)13(16)15-11-3-4-12(8-11)17-2/h9-12,14H,3-8H2,1-2H3,(H,15,16).